The van der Waals surface area contributed by atoms with E-state index in [2.05, 4.69) is 5.10 Å². The molecule has 0 aliphatic carbocycles. The van der Waals surface area contributed by atoms with Crippen LogP contribution in [0.2, 0.25) is 0 Å². The zero-order valence-corrected chi connectivity index (χ0v) is 12.4. The lowest BCUT2D eigenvalue weighted by Gasteiger charge is -2.03. The van der Waals surface area contributed by atoms with E-state index in [1.165, 1.54) is 24.4 Å². The van der Waals surface area contributed by atoms with Crippen molar-refractivity contribution in [3.63, 3.8) is 0 Å². The van der Waals surface area contributed by atoms with Crippen molar-refractivity contribution in [2.45, 2.75) is 11.8 Å². The molecule has 0 aliphatic rings. The van der Waals surface area contributed by atoms with Crippen LogP contribution in [0.25, 0.3) is 0 Å². The molecular weight excluding hydrogens is 306 g/mol. The van der Waals surface area contributed by atoms with Crippen molar-refractivity contribution < 1.29 is 13.3 Å². The van der Waals surface area contributed by atoms with Gasteiger partial charge in [0.25, 0.3) is 15.7 Å². The van der Waals surface area contributed by atoms with Crippen LogP contribution >= 0.6 is 0 Å². The van der Waals surface area contributed by atoms with Gasteiger partial charge >= 0.3 is 0 Å². The summed E-state index contributed by atoms with van der Waals surface area (Å²) in [6, 6.07) is 12.1. The Kier molecular flexibility index (Phi) is 4.52. The Morgan fingerprint density at radius 3 is 2.50 bits per heavy atom. The van der Waals surface area contributed by atoms with Gasteiger partial charge in [0.1, 0.15) is 0 Å². The van der Waals surface area contributed by atoms with Gasteiger partial charge in [0.2, 0.25) is 0 Å². The zero-order valence-electron chi connectivity index (χ0n) is 11.6. The lowest BCUT2D eigenvalue weighted by molar-refractivity contribution is -0.385. The summed E-state index contributed by atoms with van der Waals surface area (Å²) in [6.45, 7) is 1.94. The Bertz CT molecular complexity index is 814. The summed E-state index contributed by atoms with van der Waals surface area (Å²) in [5.41, 5.74) is 1.51. The van der Waals surface area contributed by atoms with E-state index < -0.39 is 14.9 Å². The van der Waals surface area contributed by atoms with Crippen LogP contribution in [0.1, 0.15) is 11.1 Å². The summed E-state index contributed by atoms with van der Waals surface area (Å²) in [4.78, 5) is 11.8. The Morgan fingerprint density at radius 2 is 1.86 bits per heavy atom. The summed E-state index contributed by atoms with van der Waals surface area (Å²) in [7, 11) is -3.95. The molecule has 7 nitrogen and oxygen atoms in total. The van der Waals surface area contributed by atoms with Gasteiger partial charge in [0.15, 0.2) is 0 Å². The second-order valence-electron chi connectivity index (χ2n) is 4.52. The van der Waals surface area contributed by atoms with Crippen molar-refractivity contribution in [3.8, 4) is 0 Å². The molecule has 1 N–H and O–H groups in total. The number of nitro groups is 1. The highest BCUT2D eigenvalue weighted by Gasteiger charge is 2.16. The average Bonchev–Trinajstić information content (AvgIpc) is 2.49. The Balaban J connectivity index is 2.16. The van der Waals surface area contributed by atoms with Gasteiger partial charge in [-0.3, -0.25) is 10.1 Å². The van der Waals surface area contributed by atoms with Crippen LogP contribution in [0, 0.1) is 17.0 Å². The minimum absolute atomic E-state index is 0.220. The van der Waals surface area contributed by atoms with Gasteiger partial charge in [-0.05, 0) is 18.6 Å². The predicted octanol–water partition coefficient (Wildman–Crippen LogP) is 2.22. The molecular formula is C14H13N3O4S. The normalized spacial score (nSPS) is 11.5. The number of sulfonamides is 1. The van der Waals surface area contributed by atoms with Crippen LogP contribution in [0.4, 0.5) is 5.69 Å². The molecule has 0 fully saturated rings. The predicted molar refractivity (Wildman–Crippen MR) is 82.2 cm³/mol. The number of nitrogens with one attached hydrogen (secondary N) is 1. The molecule has 0 atom stereocenters. The number of aryl methyl sites for hydroxylation is 1. The zero-order chi connectivity index (χ0) is 16.2. The number of nitro benzene ring substituents is 1. The van der Waals surface area contributed by atoms with E-state index in [0.717, 1.165) is 17.2 Å². The molecule has 0 amide bonds. The van der Waals surface area contributed by atoms with Crippen molar-refractivity contribution >= 4 is 21.9 Å². The maximum absolute atomic E-state index is 12.0. The highest BCUT2D eigenvalue weighted by molar-refractivity contribution is 7.89. The molecule has 0 heterocycles. The van der Waals surface area contributed by atoms with Crippen LogP contribution < -0.4 is 4.83 Å². The first-order chi connectivity index (χ1) is 10.4. The molecule has 2 rings (SSSR count). The number of hydrogen-bond acceptors (Lipinski definition) is 5. The van der Waals surface area contributed by atoms with Crippen molar-refractivity contribution in [2.24, 2.45) is 5.10 Å². The first-order valence-corrected chi connectivity index (χ1v) is 7.73. The molecule has 0 radical (unpaired) electrons. The van der Waals surface area contributed by atoms with Crippen molar-refractivity contribution in [1.82, 2.24) is 4.83 Å². The summed E-state index contributed by atoms with van der Waals surface area (Å²) >= 11 is 0. The summed E-state index contributed by atoms with van der Waals surface area (Å²) in [5, 5.41) is 14.3. The number of non-ortho nitro benzene ring substituents is 1. The molecule has 2 aromatic carbocycles. The van der Waals surface area contributed by atoms with Gasteiger partial charge < -0.3 is 0 Å². The smallest absolute Gasteiger partial charge is 0.258 e. The Morgan fingerprint density at radius 1 is 1.18 bits per heavy atom. The SMILES string of the molecule is Cc1ccc(/C=N/NS(=O)(=O)c2cccc([N+](=O)[O-])c2)cc1. The van der Waals surface area contributed by atoms with Crippen LogP contribution in [-0.2, 0) is 10.0 Å². The number of nitrogens with zero attached hydrogens (tertiary/aromatic N) is 2. The van der Waals surface area contributed by atoms with E-state index in [1.54, 1.807) is 12.1 Å². The Labute approximate surface area is 127 Å². The second kappa shape index (κ2) is 6.35. The average molecular weight is 319 g/mol. The van der Waals surface area contributed by atoms with Gasteiger partial charge in [-0.15, -0.1) is 0 Å². The number of rotatable bonds is 5. The summed E-state index contributed by atoms with van der Waals surface area (Å²) in [6.07, 6.45) is 1.36. The topological polar surface area (TPSA) is 102 Å². The fourth-order valence-electron chi connectivity index (χ4n) is 1.64. The maximum atomic E-state index is 12.0. The second-order valence-corrected chi connectivity index (χ2v) is 6.18. The minimum Gasteiger partial charge on any atom is -0.258 e. The van der Waals surface area contributed by atoms with Crippen molar-refractivity contribution in [2.75, 3.05) is 0 Å². The molecule has 8 heteroatoms. The maximum Gasteiger partial charge on any atom is 0.276 e. The highest BCUT2D eigenvalue weighted by atomic mass is 32.2. The van der Waals surface area contributed by atoms with Gasteiger partial charge in [0.05, 0.1) is 16.0 Å². The van der Waals surface area contributed by atoms with E-state index in [-0.39, 0.29) is 10.6 Å². The molecule has 0 bridgehead atoms. The monoisotopic (exact) mass is 319 g/mol. The third-order valence-corrected chi connectivity index (χ3v) is 4.02. The van der Waals surface area contributed by atoms with Gasteiger partial charge in [-0.25, -0.2) is 4.83 Å². The highest BCUT2D eigenvalue weighted by Crippen LogP contribution is 2.17. The van der Waals surface area contributed by atoms with E-state index in [0.29, 0.717) is 0 Å². The molecule has 22 heavy (non-hydrogen) atoms. The lowest BCUT2D eigenvalue weighted by Crippen LogP contribution is -2.18. The summed E-state index contributed by atoms with van der Waals surface area (Å²) in [5.74, 6) is 0. The standard InChI is InChI=1S/C14H13N3O4S/c1-11-5-7-12(8-6-11)10-15-16-22(20,21)14-4-2-3-13(9-14)17(18)19/h2-10,16H,1H3/b15-10+. The molecule has 2 aromatic rings. The number of hydrogen-bond donors (Lipinski definition) is 1. The van der Waals surface area contributed by atoms with E-state index in [9.17, 15) is 18.5 Å². The first kappa shape index (κ1) is 15.6. The molecule has 0 aromatic heterocycles. The molecule has 0 aliphatic heterocycles. The summed E-state index contributed by atoms with van der Waals surface area (Å²) < 4.78 is 24.0. The van der Waals surface area contributed by atoms with E-state index in [4.69, 9.17) is 0 Å². The number of hydrazone groups is 1. The van der Waals surface area contributed by atoms with Gasteiger partial charge in [-0.1, -0.05) is 35.9 Å². The number of benzene rings is 2. The largest absolute Gasteiger partial charge is 0.276 e. The third kappa shape index (κ3) is 3.89. The minimum atomic E-state index is -3.95. The van der Waals surface area contributed by atoms with E-state index in [1.807, 2.05) is 23.9 Å². The molecule has 0 saturated heterocycles. The van der Waals surface area contributed by atoms with Crippen LogP contribution in [0.5, 0.6) is 0 Å². The molecule has 0 saturated carbocycles. The Hall–Kier alpha value is -2.74. The van der Waals surface area contributed by atoms with Crippen LogP contribution in [-0.4, -0.2) is 19.6 Å². The van der Waals surface area contributed by atoms with Gasteiger partial charge in [0, 0.05) is 12.1 Å². The fourth-order valence-corrected chi connectivity index (χ4v) is 2.47. The molecule has 0 unspecified atom stereocenters. The van der Waals surface area contributed by atoms with Gasteiger partial charge in [-0.2, -0.15) is 13.5 Å². The van der Waals surface area contributed by atoms with Crippen LogP contribution in [0.15, 0.2) is 58.5 Å². The van der Waals surface area contributed by atoms with Crippen molar-refractivity contribution in [3.05, 3.63) is 69.8 Å². The lowest BCUT2D eigenvalue weighted by atomic mass is 10.2. The molecule has 114 valence electrons. The fraction of sp³-hybridized carbons (Fsp3) is 0.0714. The third-order valence-electron chi connectivity index (χ3n) is 2.80. The van der Waals surface area contributed by atoms with Crippen LogP contribution in [0.3, 0.4) is 0 Å². The molecule has 0 spiro atoms. The van der Waals surface area contributed by atoms with Crippen molar-refractivity contribution in [1.29, 1.82) is 0 Å². The van der Waals surface area contributed by atoms with E-state index >= 15 is 0 Å². The quantitative estimate of drug-likeness (QED) is 0.518. The first-order valence-electron chi connectivity index (χ1n) is 6.24.